The lowest BCUT2D eigenvalue weighted by molar-refractivity contribution is -0.143. The second-order valence-electron chi connectivity index (χ2n) is 8.08. The van der Waals surface area contributed by atoms with Gasteiger partial charge in [0.15, 0.2) is 0 Å². The number of imide groups is 1. The molecule has 0 saturated carbocycles. The van der Waals surface area contributed by atoms with Crippen LogP contribution in [0.15, 0.2) is 18.2 Å². The quantitative estimate of drug-likeness (QED) is 0.470. The number of amides is 3. The zero-order valence-electron chi connectivity index (χ0n) is 16.9. The fourth-order valence-electron chi connectivity index (χ4n) is 5.06. The topological polar surface area (TPSA) is 108 Å². The molecule has 1 aromatic carbocycles. The van der Waals surface area contributed by atoms with E-state index in [0.29, 0.717) is 24.3 Å². The SMILES string of the molecule is CCc1ccc2c(c1)[C@]1(N[C@H]([C@H](C)O)[C@@H]3C(=O)N(CCCOC)C(=O)[C@@H]31)C(=O)N2. The van der Waals surface area contributed by atoms with Crippen molar-refractivity contribution in [3.63, 3.8) is 0 Å². The van der Waals surface area contributed by atoms with Crippen LogP contribution in [0.25, 0.3) is 0 Å². The molecule has 0 aromatic heterocycles. The van der Waals surface area contributed by atoms with Crippen molar-refractivity contribution < 1.29 is 24.2 Å². The van der Waals surface area contributed by atoms with Gasteiger partial charge in [-0.1, -0.05) is 19.1 Å². The molecule has 29 heavy (non-hydrogen) atoms. The monoisotopic (exact) mass is 401 g/mol. The third-order valence-electron chi connectivity index (χ3n) is 6.46. The molecule has 3 aliphatic heterocycles. The van der Waals surface area contributed by atoms with Crippen LogP contribution < -0.4 is 10.6 Å². The number of nitrogens with one attached hydrogen (secondary N) is 2. The van der Waals surface area contributed by atoms with Gasteiger partial charge < -0.3 is 15.2 Å². The summed E-state index contributed by atoms with van der Waals surface area (Å²) in [6.45, 7) is 4.27. The van der Waals surface area contributed by atoms with Gasteiger partial charge in [0.25, 0.3) is 0 Å². The lowest BCUT2D eigenvalue weighted by Crippen LogP contribution is -2.54. The molecule has 0 aliphatic carbocycles. The average molecular weight is 401 g/mol. The van der Waals surface area contributed by atoms with Crippen molar-refractivity contribution in [3.05, 3.63) is 29.3 Å². The maximum Gasteiger partial charge on any atom is 0.250 e. The predicted octanol–water partition coefficient (Wildman–Crippen LogP) is 0.387. The van der Waals surface area contributed by atoms with Crippen molar-refractivity contribution in [2.45, 2.75) is 44.4 Å². The van der Waals surface area contributed by atoms with E-state index in [1.807, 2.05) is 25.1 Å². The predicted molar refractivity (Wildman–Crippen MR) is 105 cm³/mol. The van der Waals surface area contributed by atoms with Gasteiger partial charge in [0.05, 0.1) is 17.9 Å². The molecule has 0 bridgehead atoms. The van der Waals surface area contributed by atoms with Crippen LogP contribution in [0.1, 0.15) is 31.4 Å². The number of nitrogens with zero attached hydrogens (tertiary/aromatic N) is 1. The normalized spacial score (nSPS) is 31.4. The second-order valence-corrected chi connectivity index (χ2v) is 8.08. The van der Waals surface area contributed by atoms with Crippen LogP contribution in [0.3, 0.4) is 0 Å². The first-order valence-corrected chi connectivity index (χ1v) is 10.1. The molecule has 1 aromatic rings. The molecule has 3 aliphatic rings. The van der Waals surface area contributed by atoms with E-state index >= 15 is 0 Å². The molecule has 4 rings (SSSR count). The maximum absolute atomic E-state index is 13.4. The largest absolute Gasteiger partial charge is 0.392 e. The summed E-state index contributed by atoms with van der Waals surface area (Å²) >= 11 is 0. The molecule has 8 nitrogen and oxygen atoms in total. The Bertz CT molecular complexity index is 870. The van der Waals surface area contributed by atoms with Crippen molar-refractivity contribution >= 4 is 23.4 Å². The standard InChI is InChI=1S/C21H27N3O5/c1-4-12-6-7-14-13(10-12)21(20(28)22-14)16-15(17(23-21)11(2)25)18(26)24(19(16)27)8-5-9-29-3/h6-7,10-11,15-17,23,25H,4-5,8-9H2,1-3H3,(H,22,28)/t11-,15+,16+,17+,21+/m0/s1. The second kappa shape index (κ2) is 7.19. The Morgan fingerprint density at radius 2 is 2.03 bits per heavy atom. The molecule has 8 heteroatoms. The van der Waals surface area contributed by atoms with E-state index in [4.69, 9.17) is 4.74 Å². The van der Waals surface area contributed by atoms with E-state index in [0.717, 1.165) is 12.0 Å². The van der Waals surface area contributed by atoms with Crippen LogP contribution in [0.2, 0.25) is 0 Å². The molecule has 2 saturated heterocycles. The van der Waals surface area contributed by atoms with Gasteiger partial charge >= 0.3 is 0 Å². The van der Waals surface area contributed by atoms with Crippen molar-refractivity contribution in [1.29, 1.82) is 0 Å². The molecular formula is C21H27N3O5. The fraction of sp³-hybridized carbons (Fsp3) is 0.571. The molecule has 156 valence electrons. The lowest BCUT2D eigenvalue weighted by Gasteiger charge is -2.30. The molecule has 1 spiro atoms. The third-order valence-corrected chi connectivity index (χ3v) is 6.46. The third kappa shape index (κ3) is 2.73. The minimum Gasteiger partial charge on any atom is -0.392 e. The van der Waals surface area contributed by atoms with Gasteiger partial charge in [-0.3, -0.25) is 24.6 Å². The Hall–Kier alpha value is -2.29. The molecule has 0 radical (unpaired) electrons. The van der Waals surface area contributed by atoms with Gasteiger partial charge in [-0.2, -0.15) is 0 Å². The summed E-state index contributed by atoms with van der Waals surface area (Å²) in [6.07, 6.45) is 0.404. The number of hydrogen-bond donors (Lipinski definition) is 3. The summed E-state index contributed by atoms with van der Waals surface area (Å²) < 4.78 is 5.04. The van der Waals surface area contributed by atoms with Crippen molar-refractivity contribution in [1.82, 2.24) is 10.2 Å². The highest BCUT2D eigenvalue weighted by atomic mass is 16.5. The number of ether oxygens (including phenoxy) is 1. The number of carbonyl (C=O) groups is 3. The number of aliphatic hydroxyl groups is 1. The smallest absolute Gasteiger partial charge is 0.250 e. The van der Waals surface area contributed by atoms with Gasteiger partial charge in [0.1, 0.15) is 5.54 Å². The number of aliphatic hydroxyl groups excluding tert-OH is 1. The Kier molecular flexibility index (Phi) is 4.96. The van der Waals surface area contributed by atoms with Crippen LogP contribution in [0, 0.1) is 11.8 Å². The van der Waals surface area contributed by atoms with Gasteiger partial charge in [-0.25, -0.2) is 0 Å². The van der Waals surface area contributed by atoms with Gasteiger partial charge in [0, 0.05) is 37.6 Å². The van der Waals surface area contributed by atoms with Crippen molar-refractivity contribution in [2.75, 3.05) is 25.6 Å². The summed E-state index contributed by atoms with van der Waals surface area (Å²) in [5.41, 5.74) is 1.00. The number of likely N-dealkylation sites (tertiary alicyclic amines) is 1. The molecule has 0 unspecified atom stereocenters. The molecule has 5 atom stereocenters. The van der Waals surface area contributed by atoms with Crippen LogP contribution in [-0.4, -0.2) is 60.1 Å². The highest BCUT2D eigenvalue weighted by Gasteiger charge is 2.70. The fourth-order valence-corrected chi connectivity index (χ4v) is 5.06. The first kappa shape index (κ1) is 20.0. The Labute approximate surface area is 169 Å². The Morgan fingerprint density at radius 1 is 1.28 bits per heavy atom. The summed E-state index contributed by atoms with van der Waals surface area (Å²) in [7, 11) is 1.57. The number of anilines is 1. The minimum atomic E-state index is -1.35. The van der Waals surface area contributed by atoms with E-state index < -0.39 is 29.5 Å². The van der Waals surface area contributed by atoms with Crippen molar-refractivity contribution in [3.8, 4) is 0 Å². The first-order valence-electron chi connectivity index (χ1n) is 10.1. The Morgan fingerprint density at radius 3 is 2.69 bits per heavy atom. The van der Waals surface area contributed by atoms with Crippen LogP contribution in [0.4, 0.5) is 5.69 Å². The zero-order chi connectivity index (χ0) is 20.9. The first-order chi connectivity index (χ1) is 13.9. The number of aryl methyl sites for hydroxylation is 1. The number of methoxy groups -OCH3 is 1. The molecule has 2 fully saturated rings. The van der Waals surface area contributed by atoms with Gasteiger partial charge in [-0.05, 0) is 31.4 Å². The number of fused-ring (bicyclic) bond motifs is 4. The average Bonchev–Trinajstić information content (AvgIpc) is 3.28. The minimum absolute atomic E-state index is 0.241. The number of benzene rings is 1. The lowest BCUT2D eigenvalue weighted by atomic mass is 9.76. The van der Waals surface area contributed by atoms with Crippen molar-refractivity contribution in [2.24, 2.45) is 11.8 Å². The molecule has 3 N–H and O–H groups in total. The van der Waals surface area contributed by atoms with Crippen LogP contribution in [-0.2, 0) is 31.1 Å². The van der Waals surface area contributed by atoms with E-state index in [-0.39, 0.29) is 24.3 Å². The molecular weight excluding hydrogens is 374 g/mol. The van der Waals surface area contributed by atoms with E-state index in [9.17, 15) is 19.5 Å². The highest BCUT2D eigenvalue weighted by molar-refractivity contribution is 6.15. The Balaban J connectivity index is 1.81. The summed E-state index contributed by atoms with van der Waals surface area (Å²) in [5.74, 6) is -2.72. The zero-order valence-corrected chi connectivity index (χ0v) is 16.9. The number of carbonyl (C=O) groups excluding carboxylic acids is 3. The van der Waals surface area contributed by atoms with E-state index in [1.165, 1.54) is 4.90 Å². The summed E-state index contributed by atoms with van der Waals surface area (Å²) in [6, 6.07) is 5.01. The van der Waals surface area contributed by atoms with Crippen LogP contribution >= 0.6 is 0 Å². The van der Waals surface area contributed by atoms with E-state index in [1.54, 1.807) is 14.0 Å². The molecule has 3 amide bonds. The van der Waals surface area contributed by atoms with Gasteiger partial charge in [0.2, 0.25) is 17.7 Å². The number of rotatable bonds is 6. The van der Waals surface area contributed by atoms with Gasteiger partial charge in [-0.15, -0.1) is 0 Å². The van der Waals surface area contributed by atoms with Crippen LogP contribution in [0.5, 0.6) is 0 Å². The maximum atomic E-state index is 13.4. The summed E-state index contributed by atoms with van der Waals surface area (Å²) in [4.78, 5) is 41.0. The highest BCUT2D eigenvalue weighted by Crippen LogP contribution is 2.53. The summed E-state index contributed by atoms with van der Waals surface area (Å²) in [5, 5.41) is 16.5. The van der Waals surface area contributed by atoms with E-state index in [2.05, 4.69) is 10.6 Å². The molecule has 3 heterocycles. The number of hydrogen-bond acceptors (Lipinski definition) is 6.